The average molecular weight is 330 g/mol. The molecule has 2 rings (SSSR count). The van der Waals surface area contributed by atoms with Gasteiger partial charge < -0.3 is 20.5 Å². The molecule has 3 N–H and O–H groups in total. The van der Waals surface area contributed by atoms with E-state index in [1.54, 1.807) is 20.8 Å². The zero-order valence-electron chi connectivity index (χ0n) is 13.7. The van der Waals surface area contributed by atoms with Crippen molar-refractivity contribution in [3.8, 4) is 0 Å². The maximum Gasteiger partial charge on any atom is 0.408 e. The standard InChI is InChI=1S/C15H23FN2O5/c1-7(17-13(22)23-14(2,3)4)11(19)18-15(12(20)21)6-10(16)8-5-9(8)15/h7-10H,5-6H2,1-4H3,(H,17,22)(H,18,19)(H,20,21)/t7-,8-,9+,10+,15-/m0/s1. The molecule has 7 nitrogen and oxygen atoms in total. The Balaban J connectivity index is 1.97. The van der Waals surface area contributed by atoms with Crippen LogP contribution in [0.25, 0.3) is 0 Å². The molecule has 0 aromatic rings. The van der Waals surface area contributed by atoms with Crippen LogP contribution in [0.2, 0.25) is 0 Å². The number of rotatable bonds is 4. The highest BCUT2D eigenvalue weighted by molar-refractivity contribution is 5.92. The van der Waals surface area contributed by atoms with Gasteiger partial charge in [0.25, 0.3) is 0 Å². The number of nitrogens with one attached hydrogen (secondary N) is 2. The molecule has 8 heteroatoms. The number of carbonyl (C=O) groups excluding carboxylic acids is 2. The number of alkyl halides is 1. The molecule has 2 aliphatic rings. The van der Waals surface area contributed by atoms with Gasteiger partial charge >= 0.3 is 12.1 Å². The summed E-state index contributed by atoms with van der Waals surface area (Å²) < 4.78 is 18.8. The monoisotopic (exact) mass is 330 g/mol. The number of alkyl carbamates (subject to hydrolysis) is 1. The smallest absolute Gasteiger partial charge is 0.408 e. The summed E-state index contributed by atoms with van der Waals surface area (Å²) in [5.41, 5.74) is -2.29. The summed E-state index contributed by atoms with van der Waals surface area (Å²) in [7, 11) is 0. The largest absolute Gasteiger partial charge is 0.479 e. The average Bonchev–Trinajstić information content (AvgIpc) is 3.10. The summed E-state index contributed by atoms with van der Waals surface area (Å²) in [6, 6.07) is -0.989. The molecule has 2 saturated carbocycles. The van der Waals surface area contributed by atoms with E-state index in [2.05, 4.69) is 10.6 Å². The van der Waals surface area contributed by atoms with Gasteiger partial charge in [0.2, 0.25) is 5.91 Å². The SMILES string of the molecule is C[C@H](NC(=O)OC(C)(C)C)C(=O)N[C@@]1(C(=O)O)C[C@@H](F)[C@H]2C[C@H]21. The van der Waals surface area contributed by atoms with E-state index in [0.717, 1.165) is 0 Å². The summed E-state index contributed by atoms with van der Waals surface area (Å²) in [6.07, 6.45) is -1.77. The Hall–Kier alpha value is -1.86. The second kappa shape index (κ2) is 5.65. The summed E-state index contributed by atoms with van der Waals surface area (Å²) in [6.45, 7) is 6.47. The molecule has 5 atom stereocenters. The number of carbonyl (C=O) groups is 3. The molecule has 2 aliphatic carbocycles. The van der Waals surface area contributed by atoms with Gasteiger partial charge in [0, 0.05) is 6.42 Å². The molecule has 0 aliphatic heterocycles. The first-order valence-electron chi connectivity index (χ1n) is 7.65. The maximum atomic E-state index is 13.8. The lowest BCUT2D eigenvalue weighted by molar-refractivity contribution is -0.149. The van der Waals surface area contributed by atoms with E-state index in [9.17, 15) is 23.9 Å². The summed E-state index contributed by atoms with van der Waals surface area (Å²) >= 11 is 0. The second-order valence-corrected chi connectivity index (χ2v) is 7.36. The van der Waals surface area contributed by atoms with Crippen LogP contribution in [0.1, 0.15) is 40.5 Å². The minimum absolute atomic E-state index is 0.234. The van der Waals surface area contributed by atoms with Crippen molar-refractivity contribution in [3.05, 3.63) is 0 Å². The van der Waals surface area contributed by atoms with E-state index >= 15 is 0 Å². The molecule has 0 spiro atoms. The topological polar surface area (TPSA) is 105 Å². The Kier molecular flexibility index (Phi) is 4.30. The van der Waals surface area contributed by atoms with Crippen LogP contribution >= 0.6 is 0 Å². The highest BCUT2D eigenvalue weighted by Gasteiger charge is 2.67. The van der Waals surface area contributed by atoms with Gasteiger partial charge in [0.1, 0.15) is 23.4 Å². The lowest BCUT2D eigenvalue weighted by Gasteiger charge is -2.29. The molecular weight excluding hydrogens is 307 g/mol. The van der Waals surface area contributed by atoms with Crippen LogP contribution in [-0.2, 0) is 14.3 Å². The van der Waals surface area contributed by atoms with Crippen LogP contribution in [0.5, 0.6) is 0 Å². The normalized spacial score (nSPS) is 33.3. The van der Waals surface area contributed by atoms with Gasteiger partial charge in [-0.2, -0.15) is 0 Å². The molecule has 0 aromatic heterocycles. The van der Waals surface area contributed by atoms with Gasteiger partial charge in [-0.3, -0.25) is 4.79 Å². The molecule has 0 bridgehead atoms. The minimum atomic E-state index is -1.58. The van der Waals surface area contributed by atoms with Gasteiger partial charge in [-0.15, -0.1) is 0 Å². The maximum absolute atomic E-state index is 13.8. The van der Waals surface area contributed by atoms with Crippen LogP contribution in [0, 0.1) is 11.8 Å². The molecule has 0 radical (unpaired) electrons. The quantitative estimate of drug-likeness (QED) is 0.719. The molecular formula is C15H23FN2O5. The lowest BCUT2D eigenvalue weighted by atomic mass is 9.92. The van der Waals surface area contributed by atoms with E-state index < -0.39 is 41.3 Å². The second-order valence-electron chi connectivity index (χ2n) is 7.36. The molecule has 130 valence electrons. The van der Waals surface area contributed by atoms with Gasteiger partial charge in [-0.1, -0.05) is 0 Å². The molecule has 2 fully saturated rings. The Morgan fingerprint density at radius 2 is 1.96 bits per heavy atom. The Labute approximate surface area is 133 Å². The number of aliphatic carboxylic acids is 1. The molecule has 0 saturated heterocycles. The highest BCUT2D eigenvalue weighted by atomic mass is 19.1. The van der Waals surface area contributed by atoms with E-state index in [1.165, 1.54) is 6.92 Å². The molecule has 23 heavy (non-hydrogen) atoms. The van der Waals surface area contributed by atoms with Crippen molar-refractivity contribution in [2.45, 2.75) is 63.9 Å². The van der Waals surface area contributed by atoms with Crippen LogP contribution < -0.4 is 10.6 Å². The number of carboxylic acids is 1. The first kappa shape index (κ1) is 17.5. The third-order valence-corrected chi connectivity index (χ3v) is 4.31. The lowest BCUT2D eigenvalue weighted by Crippen LogP contribution is -2.59. The summed E-state index contributed by atoms with van der Waals surface area (Å²) in [4.78, 5) is 35.5. The Morgan fingerprint density at radius 3 is 2.35 bits per heavy atom. The molecule has 2 amide bonds. The van der Waals surface area contributed by atoms with E-state index in [0.29, 0.717) is 6.42 Å². The number of carboxylic acid groups (broad SMARTS) is 1. The number of amides is 2. The fourth-order valence-electron chi connectivity index (χ4n) is 3.11. The van der Waals surface area contributed by atoms with Crippen LogP contribution in [0.4, 0.5) is 9.18 Å². The number of hydrogen-bond donors (Lipinski definition) is 3. The van der Waals surface area contributed by atoms with Crippen molar-refractivity contribution in [2.75, 3.05) is 0 Å². The van der Waals surface area contributed by atoms with E-state index in [1.807, 2.05) is 0 Å². The van der Waals surface area contributed by atoms with Crippen molar-refractivity contribution >= 4 is 18.0 Å². The van der Waals surface area contributed by atoms with Crippen molar-refractivity contribution in [3.63, 3.8) is 0 Å². The fraction of sp³-hybridized carbons (Fsp3) is 0.800. The van der Waals surface area contributed by atoms with Crippen LogP contribution in [0.15, 0.2) is 0 Å². The van der Waals surface area contributed by atoms with Gasteiger partial charge in [-0.05, 0) is 46.0 Å². The first-order valence-corrected chi connectivity index (χ1v) is 7.65. The number of ether oxygens (including phenoxy) is 1. The van der Waals surface area contributed by atoms with Crippen molar-refractivity contribution < 1.29 is 28.6 Å². The Bertz CT molecular complexity index is 532. The van der Waals surface area contributed by atoms with Crippen molar-refractivity contribution in [1.82, 2.24) is 10.6 Å². The molecule has 0 aromatic carbocycles. The summed E-state index contributed by atoms with van der Waals surface area (Å²) in [5.74, 6) is -2.57. The summed E-state index contributed by atoms with van der Waals surface area (Å²) in [5, 5.41) is 14.2. The predicted molar refractivity (Wildman–Crippen MR) is 78.5 cm³/mol. The number of halogens is 1. The van der Waals surface area contributed by atoms with Crippen molar-refractivity contribution in [1.29, 1.82) is 0 Å². The van der Waals surface area contributed by atoms with Gasteiger partial charge in [0.05, 0.1) is 0 Å². The van der Waals surface area contributed by atoms with Crippen LogP contribution in [-0.4, -0.2) is 46.4 Å². The zero-order valence-corrected chi connectivity index (χ0v) is 13.7. The fourth-order valence-corrected chi connectivity index (χ4v) is 3.11. The number of hydrogen-bond acceptors (Lipinski definition) is 4. The van der Waals surface area contributed by atoms with Crippen LogP contribution in [0.3, 0.4) is 0 Å². The third kappa shape index (κ3) is 3.56. The predicted octanol–water partition coefficient (Wildman–Crippen LogP) is 1.22. The first-order chi connectivity index (χ1) is 10.5. The van der Waals surface area contributed by atoms with Gasteiger partial charge in [0.15, 0.2) is 0 Å². The number of fused-ring (bicyclic) bond motifs is 1. The zero-order chi connectivity index (χ0) is 17.6. The van der Waals surface area contributed by atoms with Gasteiger partial charge in [-0.25, -0.2) is 14.0 Å². The molecule has 0 heterocycles. The van der Waals surface area contributed by atoms with E-state index in [-0.39, 0.29) is 18.3 Å². The highest BCUT2D eigenvalue weighted by Crippen LogP contribution is 2.58. The minimum Gasteiger partial charge on any atom is -0.479 e. The van der Waals surface area contributed by atoms with Crippen molar-refractivity contribution in [2.24, 2.45) is 11.8 Å². The van der Waals surface area contributed by atoms with E-state index in [4.69, 9.17) is 4.74 Å². The third-order valence-electron chi connectivity index (χ3n) is 4.31. The molecule has 0 unspecified atom stereocenters. The Morgan fingerprint density at radius 1 is 1.35 bits per heavy atom.